The minimum Gasteiger partial charge on any atom is -0.329 e. The molecule has 0 radical (unpaired) electrons. The smallest absolute Gasteiger partial charge is 0.143 e. The molecule has 0 aromatic carbocycles. The van der Waals surface area contributed by atoms with Crippen LogP contribution in [0, 0.1) is 0 Å². The lowest BCUT2D eigenvalue weighted by Crippen LogP contribution is -1.99. The standard InChI is InChI=1S/C11H13BrClN3/c1-3-5-7-14-6(4-2)8-9(12)10(13)16-11(8)15-7/h3-5H2,1-2H3,(H,14,15,16). The zero-order valence-corrected chi connectivity index (χ0v) is 11.6. The fourth-order valence-electron chi connectivity index (χ4n) is 1.74. The van der Waals surface area contributed by atoms with Gasteiger partial charge in [0.1, 0.15) is 16.6 Å². The predicted molar refractivity (Wildman–Crippen MR) is 70.0 cm³/mol. The van der Waals surface area contributed by atoms with Gasteiger partial charge >= 0.3 is 0 Å². The summed E-state index contributed by atoms with van der Waals surface area (Å²) in [7, 11) is 0. The van der Waals surface area contributed by atoms with Crippen molar-refractivity contribution in [3.63, 3.8) is 0 Å². The van der Waals surface area contributed by atoms with E-state index in [-0.39, 0.29) is 0 Å². The van der Waals surface area contributed by atoms with Crippen LogP contribution in [0.4, 0.5) is 0 Å². The number of halogens is 2. The van der Waals surface area contributed by atoms with Gasteiger partial charge < -0.3 is 4.98 Å². The Hall–Kier alpha value is -0.610. The van der Waals surface area contributed by atoms with Gasteiger partial charge in [-0.15, -0.1) is 0 Å². The first kappa shape index (κ1) is 11.9. The van der Waals surface area contributed by atoms with Crippen molar-refractivity contribution in [3.8, 4) is 0 Å². The predicted octanol–water partition coefficient (Wildman–Crippen LogP) is 3.89. The summed E-state index contributed by atoms with van der Waals surface area (Å²) in [5.74, 6) is 0.886. The second-order valence-electron chi connectivity index (χ2n) is 3.67. The fraction of sp³-hybridized carbons (Fsp3) is 0.455. The van der Waals surface area contributed by atoms with E-state index in [1.54, 1.807) is 0 Å². The second-order valence-corrected chi connectivity index (χ2v) is 4.84. The molecule has 0 aliphatic heterocycles. The maximum Gasteiger partial charge on any atom is 0.143 e. The van der Waals surface area contributed by atoms with E-state index >= 15 is 0 Å². The lowest BCUT2D eigenvalue weighted by molar-refractivity contribution is 0.825. The van der Waals surface area contributed by atoms with Crippen molar-refractivity contribution >= 4 is 38.6 Å². The molecule has 0 aliphatic rings. The Bertz CT molecular complexity index is 521. The molecule has 0 spiro atoms. The van der Waals surface area contributed by atoms with Gasteiger partial charge in [0.05, 0.1) is 15.6 Å². The molecule has 2 rings (SSSR count). The van der Waals surface area contributed by atoms with Gasteiger partial charge in [-0.3, -0.25) is 0 Å². The molecule has 0 atom stereocenters. The molecule has 5 heteroatoms. The lowest BCUT2D eigenvalue weighted by Gasteiger charge is -2.03. The van der Waals surface area contributed by atoms with E-state index in [0.717, 1.165) is 46.3 Å². The minimum absolute atomic E-state index is 0.590. The summed E-state index contributed by atoms with van der Waals surface area (Å²) in [4.78, 5) is 12.1. The average Bonchev–Trinajstić information content (AvgIpc) is 2.54. The molecule has 2 aromatic rings. The molecule has 2 aromatic heterocycles. The Kier molecular flexibility index (Phi) is 3.50. The minimum atomic E-state index is 0.590. The number of hydrogen-bond acceptors (Lipinski definition) is 2. The number of aryl methyl sites for hydroxylation is 2. The monoisotopic (exact) mass is 301 g/mol. The number of H-pyrrole nitrogens is 1. The Morgan fingerprint density at radius 1 is 1.31 bits per heavy atom. The number of hydrogen-bond donors (Lipinski definition) is 1. The summed E-state index contributed by atoms with van der Waals surface area (Å²) in [5, 5.41) is 1.60. The number of aromatic amines is 1. The highest BCUT2D eigenvalue weighted by Gasteiger charge is 2.14. The van der Waals surface area contributed by atoms with Crippen molar-refractivity contribution in [3.05, 3.63) is 21.1 Å². The van der Waals surface area contributed by atoms with E-state index in [9.17, 15) is 0 Å². The summed E-state index contributed by atoms with van der Waals surface area (Å²) >= 11 is 9.50. The molecular weight excluding hydrogens is 289 g/mol. The zero-order chi connectivity index (χ0) is 11.7. The first-order valence-electron chi connectivity index (χ1n) is 5.39. The largest absolute Gasteiger partial charge is 0.329 e. The first-order valence-corrected chi connectivity index (χ1v) is 6.56. The van der Waals surface area contributed by atoms with Gasteiger partial charge in [0.25, 0.3) is 0 Å². The van der Waals surface area contributed by atoms with Crippen LogP contribution in [0.2, 0.25) is 5.15 Å². The van der Waals surface area contributed by atoms with Gasteiger partial charge in [-0.2, -0.15) is 0 Å². The van der Waals surface area contributed by atoms with Crippen LogP contribution in [-0.4, -0.2) is 15.0 Å². The van der Waals surface area contributed by atoms with E-state index < -0.39 is 0 Å². The Morgan fingerprint density at radius 3 is 2.69 bits per heavy atom. The van der Waals surface area contributed by atoms with Crippen LogP contribution in [0.25, 0.3) is 11.0 Å². The summed E-state index contributed by atoms with van der Waals surface area (Å²) in [5.41, 5.74) is 1.87. The van der Waals surface area contributed by atoms with Crippen molar-refractivity contribution in [1.29, 1.82) is 0 Å². The molecule has 0 saturated heterocycles. The molecule has 0 unspecified atom stereocenters. The third-order valence-corrected chi connectivity index (χ3v) is 3.78. The van der Waals surface area contributed by atoms with Gasteiger partial charge in [-0.25, -0.2) is 9.97 Å². The molecule has 86 valence electrons. The summed E-state index contributed by atoms with van der Waals surface area (Å²) in [6, 6.07) is 0. The third kappa shape index (κ3) is 1.96. The van der Waals surface area contributed by atoms with Gasteiger partial charge in [0.15, 0.2) is 0 Å². The zero-order valence-electron chi connectivity index (χ0n) is 9.27. The first-order chi connectivity index (χ1) is 7.67. The van der Waals surface area contributed by atoms with E-state index in [2.05, 4.69) is 44.7 Å². The van der Waals surface area contributed by atoms with Crippen LogP contribution in [0.1, 0.15) is 31.8 Å². The van der Waals surface area contributed by atoms with Crippen LogP contribution in [-0.2, 0) is 12.8 Å². The molecule has 16 heavy (non-hydrogen) atoms. The van der Waals surface area contributed by atoms with Crippen LogP contribution < -0.4 is 0 Å². The number of nitrogens with one attached hydrogen (secondary N) is 1. The van der Waals surface area contributed by atoms with Crippen LogP contribution >= 0.6 is 27.5 Å². The highest BCUT2D eigenvalue weighted by Crippen LogP contribution is 2.32. The maximum absolute atomic E-state index is 6.04. The van der Waals surface area contributed by atoms with Gasteiger partial charge in [-0.05, 0) is 28.8 Å². The van der Waals surface area contributed by atoms with E-state index in [0.29, 0.717) is 5.15 Å². The van der Waals surface area contributed by atoms with Crippen molar-refractivity contribution in [2.24, 2.45) is 0 Å². The second kappa shape index (κ2) is 4.72. The van der Waals surface area contributed by atoms with Crippen LogP contribution in [0.5, 0.6) is 0 Å². The highest BCUT2D eigenvalue weighted by molar-refractivity contribution is 9.10. The third-order valence-electron chi connectivity index (χ3n) is 2.48. The van der Waals surface area contributed by atoms with E-state index in [4.69, 9.17) is 11.6 Å². The molecular formula is C11H13BrClN3. The quantitative estimate of drug-likeness (QED) is 0.934. The number of rotatable bonds is 3. The maximum atomic E-state index is 6.04. The van der Waals surface area contributed by atoms with E-state index in [1.807, 2.05) is 0 Å². The Balaban J connectivity index is 2.68. The number of nitrogens with zero attached hydrogens (tertiary/aromatic N) is 2. The molecule has 0 bridgehead atoms. The number of aromatic nitrogens is 3. The fourth-order valence-corrected chi connectivity index (χ4v) is 2.44. The van der Waals surface area contributed by atoms with Gasteiger partial charge in [0.2, 0.25) is 0 Å². The van der Waals surface area contributed by atoms with Crippen molar-refractivity contribution in [1.82, 2.24) is 15.0 Å². The summed E-state index contributed by atoms with van der Waals surface area (Å²) in [6.07, 6.45) is 2.82. The number of fused-ring (bicyclic) bond motifs is 1. The van der Waals surface area contributed by atoms with Gasteiger partial charge in [0, 0.05) is 6.42 Å². The molecule has 0 amide bonds. The van der Waals surface area contributed by atoms with Gasteiger partial charge in [-0.1, -0.05) is 25.4 Å². The normalized spacial score (nSPS) is 11.2. The SMILES string of the molecule is CCCc1nc(CC)c2c(Br)c(Cl)[nH]c2n1. The molecule has 0 saturated carbocycles. The van der Waals surface area contributed by atoms with Crippen LogP contribution in [0.15, 0.2) is 4.47 Å². The van der Waals surface area contributed by atoms with Crippen molar-refractivity contribution in [2.75, 3.05) is 0 Å². The van der Waals surface area contributed by atoms with Crippen molar-refractivity contribution in [2.45, 2.75) is 33.1 Å². The summed E-state index contributed by atoms with van der Waals surface area (Å²) < 4.78 is 0.865. The summed E-state index contributed by atoms with van der Waals surface area (Å²) in [6.45, 7) is 4.21. The molecule has 0 aliphatic carbocycles. The van der Waals surface area contributed by atoms with E-state index in [1.165, 1.54) is 0 Å². The molecule has 1 N–H and O–H groups in total. The molecule has 3 nitrogen and oxygen atoms in total. The average molecular weight is 303 g/mol. The Labute approximate surface area is 108 Å². The highest BCUT2D eigenvalue weighted by atomic mass is 79.9. The van der Waals surface area contributed by atoms with Crippen molar-refractivity contribution < 1.29 is 0 Å². The molecule has 0 fully saturated rings. The topological polar surface area (TPSA) is 41.6 Å². The Morgan fingerprint density at radius 2 is 2.06 bits per heavy atom. The molecule has 2 heterocycles. The van der Waals surface area contributed by atoms with Crippen LogP contribution in [0.3, 0.4) is 0 Å². The lowest BCUT2D eigenvalue weighted by atomic mass is 10.2.